The number of nitrogens with one attached hydrogen (secondary N) is 1. The number of halogens is 1. The molecule has 1 unspecified atom stereocenters. The Bertz CT molecular complexity index is 374. The zero-order valence-corrected chi connectivity index (χ0v) is 12.5. The maximum Gasteiger partial charge on any atom is 0.140 e. The summed E-state index contributed by atoms with van der Waals surface area (Å²) in [5.41, 5.74) is 1.20. The summed E-state index contributed by atoms with van der Waals surface area (Å²) in [5, 5.41) is 12.5. The van der Waals surface area contributed by atoms with Gasteiger partial charge in [0.05, 0.1) is 4.47 Å². The van der Waals surface area contributed by atoms with Crippen molar-refractivity contribution in [3.05, 3.63) is 22.3 Å². The predicted octanol–water partition coefficient (Wildman–Crippen LogP) is 3.36. The molecule has 0 aliphatic carbocycles. The summed E-state index contributed by atoms with van der Waals surface area (Å²) in [4.78, 5) is 4.37. The normalized spacial score (nSPS) is 13.5. The lowest BCUT2D eigenvalue weighted by atomic mass is 9.85. The van der Waals surface area contributed by atoms with Gasteiger partial charge in [-0.3, -0.25) is 0 Å². The van der Waals surface area contributed by atoms with Crippen LogP contribution in [0.4, 0.5) is 5.82 Å². The average molecular weight is 301 g/mol. The number of aryl methyl sites for hydroxylation is 1. The van der Waals surface area contributed by atoms with E-state index in [0.29, 0.717) is 6.42 Å². The minimum absolute atomic E-state index is 0.0781. The van der Waals surface area contributed by atoms with E-state index in [0.717, 1.165) is 15.9 Å². The highest BCUT2D eigenvalue weighted by molar-refractivity contribution is 9.10. The molecule has 0 radical (unpaired) electrons. The fourth-order valence-corrected chi connectivity index (χ4v) is 2.23. The van der Waals surface area contributed by atoms with Crippen LogP contribution in [0.15, 0.2) is 16.7 Å². The molecular formula is C13H21BrN2O. The lowest BCUT2D eigenvalue weighted by Crippen LogP contribution is -2.35. The highest BCUT2D eigenvalue weighted by Gasteiger charge is 2.24. The van der Waals surface area contributed by atoms with E-state index in [1.165, 1.54) is 0 Å². The van der Waals surface area contributed by atoms with E-state index in [2.05, 4.69) is 47.0 Å². The van der Waals surface area contributed by atoms with Crippen LogP contribution < -0.4 is 5.32 Å². The third-order valence-electron chi connectivity index (χ3n) is 2.75. The van der Waals surface area contributed by atoms with Gasteiger partial charge in [0.2, 0.25) is 0 Å². The second-order valence-corrected chi connectivity index (χ2v) is 6.27. The minimum Gasteiger partial charge on any atom is -0.396 e. The first kappa shape index (κ1) is 14.5. The fraction of sp³-hybridized carbons (Fsp3) is 0.615. The van der Waals surface area contributed by atoms with Gasteiger partial charge in [0.15, 0.2) is 0 Å². The molecule has 0 saturated heterocycles. The number of pyridine rings is 1. The molecule has 4 heteroatoms. The molecule has 3 nitrogen and oxygen atoms in total. The van der Waals surface area contributed by atoms with Gasteiger partial charge in [-0.2, -0.15) is 0 Å². The monoisotopic (exact) mass is 300 g/mol. The molecule has 1 rings (SSSR count). The predicted molar refractivity (Wildman–Crippen MR) is 75.2 cm³/mol. The number of aliphatic hydroxyl groups excluding tert-OH is 1. The quantitative estimate of drug-likeness (QED) is 0.896. The fourth-order valence-electron chi connectivity index (χ4n) is 1.66. The number of aromatic nitrogens is 1. The van der Waals surface area contributed by atoms with E-state index in [1.807, 2.05) is 19.2 Å². The number of anilines is 1. The Balaban J connectivity index is 2.86. The standard InChI is InChI=1S/C13H21BrN2O/c1-9-7-10(14)12(15-8-9)16-11(5-6-17)13(2,3)4/h7-8,11,17H,5-6H2,1-4H3,(H,15,16). The maximum atomic E-state index is 9.12. The molecule has 1 aromatic heterocycles. The topological polar surface area (TPSA) is 45.2 Å². The van der Waals surface area contributed by atoms with E-state index >= 15 is 0 Å². The lowest BCUT2D eigenvalue weighted by molar-refractivity contribution is 0.235. The Labute approximate surface area is 112 Å². The molecule has 1 heterocycles. The third-order valence-corrected chi connectivity index (χ3v) is 3.36. The van der Waals surface area contributed by atoms with Crippen molar-refractivity contribution in [3.8, 4) is 0 Å². The summed E-state index contributed by atoms with van der Waals surface area (Å²) < 4.78 is 0.963. The molecule has 0 spiro atoms. The van der Waals surface area contributed by atoms with Crippen LogP contribution in [0.2, 0.25) is 0 Å². The molecule has 0 aliphatic heterocycles. The van der Waals surface area contributed by atoms with Gasteiger partial charge in [-0.25, -0.2) is 4.98 Å². The van der Waals surface area contributed by atoms with E-state index in [1.54, 1.807) is 0 Å². The molecule has 96 valence electrons. The smallest absolute Gasteiger partial charge is 0.140 e. The summed E-state index contributed by atoms with van der Waals surface area (Å²) in [6.07, 6.45) is 2.55. The largest absolute Gasteiger partial charge is 0.396 e. The SMILES string of the molecule is Cc1cnc(NC(CCO)C(C)(C)C)c(Br)c1. The number of nitrogens with zero attached hydrogens (tertiary/aromatic N) is 1. The van der Waals surface area contributed by atoms with Crippen molar-refractivity contribution < 1.29 is 5.11 Å². The van der Waals surface area contributed by atoms with E-state index in [4.69, 9.17) is 5.11 Å². The first-order valence-electron chi connectivity index (χ1n) is 5.84. The zero-order valence-electron chi connectivity index (χ0n) is 10.9. The van der Waals surface area contributed by atoms with Crippen LogP contribution in [0.3, 0.4) is 0 Å². The molecule has 0 fully saturated rings. The summed E-state index contributed by atoms with van der Waals surface area (Å²) in [7, 11) is 0. The number of hydrogen-bond donors (Lipinski definition) is 2. The first-order chi connectivity index (χ1) is 7.84. The van der Waals surface area contributed by atoms with Crippen molar-refractivity contribution >= 4 is 21.7 Å². The molecule has 0 amide bonds. The molecule has 0 bridgehead atoms. The average Bonchev–Trinajstić information content (AvgIpc) is 2.19. The highest BCUT2D eigenvalue weighted by Crippen LogP contribution is 2.28. The van der Waals surface area contributed by atoms with Gasteiger partial charge in [0.25, 0.3) is 0 Å². The number of aliphatic hydroxyl groups is 1. The third kappa shape index (κ3) is 4.28. The van der Waals surface area contributed by atoms with Crippen LogP contribution in [0.25, 0.3) is 0 Å². The molecule has 17 heavy (non-hydrogen) atoms. The molecule has 1 aromatic rings. The van der Waals surface area contributed by atoms with E-state index in [9.17, 15) is 0 Å². The number of rotatable bonds is 4. The molecule has 0 saturated carbocycles. The van der Waals surface area contributed by atoms with E-state index < -0.39 is 0 Å². The van der Waals surface area contributed by atoms with Gasteiger partial charge in [-0.1, -0.05) is 20.8 Å². The Morgan fingerprint density at radius 2 is 2.12 bits per heavy atom. The summed E-state index contributed by atoms with van der Waals surface area (Å²) in [6.45, 7) is 8.65. The summed E-state index contributed by atoms with van der Waals surface area (Å²) in [6, 6.07) is 2.23. The van der Waals surface area contributed by atoms with Gasteiger partial charge in [-0.15, -0.1) is 0 Å². The lowest BCUT2D eigenvalue weighted by Gasteiger charge is -2.31. The van der Waals surface area contributed by atoms with Crippen molar-refractivity contribution in [1.82, 2.24) is 4.98 Å². The van der Waals surface area contributed by atoms with Crippen LogP contribution in [-0.2, 0) is 0 Å². The van der Waals surface area contributed by atoms with Crippen LogP contribution in [-0.4, -0.2) is 22.7 Å². The second kappa shape index (κ2) is 5.83. The Hall–Kier alpha value is -0.610. The van der Waals surface area contributed by atoms with Crippen LogP contribution in [0.5, 0.6) is 0 Å². The Morgan fingerprint density at radius 1 is 1.47 bits per heavy atom. The van der Waals surface area contributed by atoms with Crippen molar-refractivity contribution in [1.29, 1.82) is 0 Å². The van der Waals surface area contributed by atoms with Gasteiger partial charge in [0.1, 0.15) is 5.82 Å². The molecule has 0 aliphatic rings. The van der Waals surface area contributed by atoms with E-state index in [-0.39, 0.29) is 18.1 Å². The second-order valence-electron chi connectivity index (χ2n) is 5.42. The van der Waals surface area contributed by atoms with Crippen LogP contribution >= 0.6 is 15.9 Å². The molecule has 0 aromatic carbocycles. The van der Waals surface area contributed by atoms with Gasteiger partial charge in [-0.05, 0) is 46.3 Å². The Morgan fingerprint density at radius 3 is 2.59 bits per heavy atom. The van der Waals surface area contributed by atoms with Crippen molar-refractivity contribution in [2.75, 3.05) is 11.9 Å². The summed E-state index contributed by atoms with van der Waals surface area (Å²) in [5.74, 6) is 0.837. The van der Waals surface area contributed by atoms with Crippen molar-refractivity contribution in [2.24, 2.45) is 5.41 Å². The van der Waals surface area contributed by atoms with Crippen molar-refractivity contribution in [2.45, 2.75) is 40.2 Å². The molecule has 2 N–H and O–H groups in total. The highest BCUT2D eigenvalue weighted by atomic mass is 79.9. The number of hydrogen-bond acceptors (Lipinski definition) is 3. The van der Waals surface area contributed by atoms with Gasteiger partial charge in [0, 0.05) is 18.8 Å². The molecule has 1 atom stereocenters. The Kier molecular flexibility index (Phi) is 4.95. The summed E-state index contributed by atoms with van der Waals surface area (Å²) >= 11 is 3.51. The zero-order chi connectivity index (χ0) is 13.1. The molecular weight excluding hydrogens is 280 g/mol. The van der Waals surface area contributed by atoms with Crippen LogP contribution in [0, 0.1) is 12.3 Å². The minimum atomic E-state index is 0.0781. The van der Waals surface area contributed by atoms with Crippen LogP contribution in [0.1, 0.15) is 32.8 Å². The first-order valence-corrected chi connectivity index (χ1v) is 6.63. The maximum absolute atomic E-state index is 9.12. The van der Waals surface area contributed by atoms with Gasteiger partial charge >= 0.3 is 0 Å². The van der Waals surface area contributed by atoms with Crippen molar-refractivity contribution in [3.63, 3.8) is 0 Å². The van der Waals surface area contributed by atoms with Gasteiger partial charge < -0.3 is 10.4 Å².